The van der Waals surface area contributed by atoms with E-state index in [1.165, 1.54) is 5.56 Å². The van der Waals surface area contributed by atoms with Crippen LogP contribution in [0.15, 0.2) is 223 Å². The monoisotopic (exact) mass is 728 g/mol. The van der Waals surface area contributed by atoms with Gasteiger partial charge in [0.1, 0.15) is 11.2 Å². The fourth-order valence-electron chi connectivity index (χ4n) is 7.31. The van der Waals surface area contributed by atoms with Gasteiger partial charge in [-0.05, 0) is 106 Å². The van der Waals surface area contributed by atoms with Crippen LogP contribution in [0.25, 0.3) is 38.6 Å². The van der Waals surface area contributed by atoms with Gasteiger partial charge in [0.2, 0.25) is 0 Å². The molecule has 0 bridgehead atoms. The average Bonchev–Trinajstić information content (AvgIpc) is 3.63. The van der Waals surface area contributed by atoms with Gasteiger partial charge in [-0.1, -0.05) is 147 Å². The molecule has 1 unspecified atom stereocenters. The number of hydrogen-bond acceptors (Lipinski definition) is 5. The molecule has 1 aliphatic heterocycles. The zero-order valence-corrected chi connectivity index (χ0v) is 31.4. The molecule has 1 aromatic heterocycles. The number of nitrogens with one attached hydrogen (secondary N) is 1. The lowest BCUT2D eigenvalue weighted by atomic mass is 9.69. The van der Waals surface area contributed by atoms with E-state index >= 15 is 0 Å². The van der Waals surface area contributed by atoms with Gasteiger partial charge >= 0.3 is 0 Å². The summed E-state index contributed by atoms with van der Waals surface area (Å²) in [6.07, 6.45) is 14.4. The van der Waals surface area contributed by atoms with Crippen molar-refractivity contribution >= 4 is 38.9 Å². The van der Waals surface area contributed by atoms with E-state index in [1.54, 1.807) is 0 Å². The molecule has 7 aromatic rings. The number of anilines is 1. The second kappa shape index (κ2) is 16.5. The zero-order valence-electron chi connectivity index (χ0n) is 31.4. The van der Waals surface area contributed by atoms with Crippen molar-refractivity contribution in [2.24, 2.45) is 11.7 Å². The molecule has 0 saturated carbocycles. The quantitative estimate of drug-likeness (QED) is 0.0865. The van der Waals surface area contributed by atoms with Gasteiger partial charge in [-0.25, -0.2) is 0 Å². The number of hydrogen-bond donors (Lipinski definition) is 3. The minimum Gasteiger partial charge on any atom is -0.456 e. The van der Waals surface area contributed by atoms with E-state index in [-0.39, 0.29) is 0 Å². The van der Waals surface area contributed by atoms with Gasteiger partial charge in [-0.2, -0.15) is 0 Å². The summed E-state index contributed by atoms with van der Waals surface area (Å²) in [6.45, 7) is 10.8. The summed E-state index contributed by atoms with van der Waals surface area (Å²) >= 11 is 0. The fraction of sp³-hybridized carbons (Fsp3) is 0.0392. The maximum Gasteiger partial charge on any atom is 0.135 e. The largest absolute Gasteiger partial charge is 0.456 e. The van der Waals surface area contributed by atoms with E-state index in [4.69, 9.17) is 4.42 Å². The molecular weight excluding hydrogens is 685 g/mol. The van der Waals surface area contributed by atoms with Gasteiger partial charge < -0.3 is 14.7 Å². The molecule has 1 atom stereocenters. The number of rotatable bonds is 7. The second-order valence-electron chi connectivity index (χ2n) is 13.7. The molecule has 1 aliphatic rings. The van der Waals surface area contributed by atoms with Crippen molar-refractivity contribution in [1.29, 1.82) is 5.41 Å². The zero-order chi connectivity index (χ0) is 39.1. The Kier molecular flexibility index (Phi) is 11.0. The molecule has 274 valence electrons. The van der Waals surface area contributed by atoms with Gasteiger partial charge in [-0.3, -0.25) is 11.7 Å². The Bertz CT molecular complexity index is 2670. The van der Waals surface area contributed by atoms with Crippen LogP contribution < -0.4 is 16.6 Å². The average molecular weight is 729 g/mol. The molecule has 0 spiro atoms. The van der Waals surface area contributed by atoms with Crippen molar-refractivity contribution in [1.82, 2.24) is 0 Å². The second-order valence-corrected chi connectivity index (χ2v) is 13.7. The van der Waals surface area contributed by atoms with Crippen LogP contribution in [0.2, 0.25) is 0 Å². The summed E-state index contributed by atoms with van der Waals surface area (Å²) in [7, 11) is 0. The first-order valence-electron chi connectivity index (χ1n) is 18.5. The number of furan rings is 1. The van der Waals surface area contributed by atoms with Gasteiger partial charge in [0.05, 0.1) is 11.1 Å². The number of nitrogens with zero attached hydrogens (tertiary/aromatic N) is 1. The Balaban J connectivity index is 0.00000237. The Labute approximate surface area is 328 Å². The van der Waals surface area contributed by atoms with Crippen LogP contribution in [0.1, 0.15) is 29.2 Å². The molecule has 0 radical (unpaired) electrons. The Morgan fingerprint density at radius 3 is 2.05 bits per heavy atom. The van der Waals surface area contributed by atoms with E-state index < -0.39 is 5.41 Å². The Morgan fingerprint density at radius 1 is 0.625 bits per heavy atom. The predicted octanol–water partition coefficient (Wildman–Crippen LogP) is 12.0. The highest BCUT2D eigenvalue weighted by atomic mass is 16.3. The summed E-state index contributed by atoms with van der Waals surface area (Å²) in [5.74, 6) is 8.00. The number of hydrazine groups is 1. The van der Waals surface area contributed by atoms with Crippen LogP contribution in [0, 0.1) is 5.41 Å². The summed E-state index contributed by atoms with van der Waals surface area (Å²) < 4.78 is 6.54. The molecule has 2 heterocycles. The van der Waals surface area contributed by atoms with Crippen LogP contribution in [-0.2, 0) is 5.41 Å². The topological polar surface area (TPSA) is 92.3 Å². The molecule has 56 heavy (non-hydrogen) atoms. The normalized spacial score (nSPS) is 16.8. The lowest BCUT2D eigenvalue weighted by Crippen LogP contribution is -2.34. The molecule has 5 nitrogen and oxygen atoms in total. The number of fused-ring (bicyclic) bond motifs is 3. The summed E-state index contributed by atoms with van der Waals surface area (Å²) in [6, 6.07) is 51.9. The Morgan fingerprint density at radius 2 is 1.30 bits per heavy atom. The molecular formula is C51H44N4O. The third kappa shape index (κ3) is 7.37. The van der Waals surface area contributed by atoms with Crippen LogP contribution in [0.3, 0.4) is 0 Å². The molecule has 8 rings (SSSR count). The summed E-state index contributed by atoms with van der Waals surface area (Å²) in [5, 5.41) is 11.7. The summed E-state index contributed by atoms with van der Waals surface area (Å²) in [5.41, 5.74) is 11.2. The molecule has 0 saturated heterocycles. The predicted molar refractivity (Wildman–Crippen MR) is 236 cm³/mol. The molecule has 0 aliphatic carbocycles. The van der Waals surface area contributed by atoms with Crippen molar-refractivity contribution in [3.63, 3.8) is 0 Å². The van der Waals surface area contributed by atoms with Crippen LogP contribution in [0.5, 0.6) is 0 Å². The van der Waals surface area contributed by atoms with Crippen molar-refractivity contribution < 1.29 is 4.42 Å². The highest BCUT2D eigenvalue weighted by molar-refractivity contribution is 6.14. The first-order valence-corrected chi connectivity index (χ1v) is 18.5. The fourth-order valence-corrected chi connectivity index (χ4v) is 7.31. The van der Waals surface area contributed by atoms with E-state index in [1.807, 2.05) is 85.0 Å². The molecule has 6 aromatic carbocycles. The van der Waals surface area contributed by atoms with E-state index in [2.05, 4.69) is 146 Å². The third-order valence-corrected chi connectivity index (χ3v) is 10.3. The Hall–Kier alpha value is -7.05. The van der Waals surface area contributed by atoms with Gasteiger partial charge in [0.25, 0.3) is 0 Å². The maximum absolute atomic E-state index is 9.71. The lowest BCUT2D eigenvalue weighted by molar-refractivity contribution is 0.667. The van der Waals surface area contributed by atoms with Crippen molar-refractivity contribution in [2.75, 3.05) is 4.90 Å². The minimum absolute atomic E-state index is 0.522. The van der Waals surface area contributed by atoms with E-state index in [0.717, 1.165) is 72.2 Å². The molecule has 0 fully saturated rings. The SMILES string of the molecule is C=C1/C=C\C=C/N(c2cccc(-c3ccccc3)c2)/C=C\C(c2ccc3oc4cccc(C(C)(C(=N)c5ccccc5)c5ccccc5)c4c3c2)=C/C1=C.NN. The van der Waals surface area contributed by atoms with Gasteiger partial charge in [-0.15, -0.1) is 0 Å². The first kappa shape index (κ1) is 37.3. The van der Waals surface area contributed by atoms with Crippen molar-refractivity contribution in [3.8, 4) is 11.1 Å². The number of nitrogens with two attached hydrogens (primary N) is 2. The number of benzene rings is 6. The maximum atomic E-state index is 9.71. The lowest BCUT2D eigenvalue weighted by Gasteiger charge is -2.33. The van der Waals surface area contributed by atoms with Gasteiger partial charge in [0, 0.05) is 28.9 Å². The highest BCUT2D eigenvalue weighted by Crippen LogP contribution is 2.43. The molecule has 5 heteroatoms. The third-order valence-electron chi connectivity index (χ3n) is 10.3. The van der Waals surface area contributed by atoms with Crippen LogP contribution in [-0.4, -0.2) is 5.71 Å². The molecule has 5 N–H and O–H groups in total. The van der Waals surface area contributed by atoms with Crippen LogP contribution >= 0.6 is 0 Å². The first-order chi connectivity index (χ1) is 27.4. The smallest absolute Gasteiger partial charge is 0.135 e. The standard InChI is InChI=1S/C51H40N2O.H4N2/c1-36-17-13-14-31-53(44-25-15-22-40(34-44)38-18-7-4-8-19-38)32-30-42(33-37(36)2)41-28-29-47-45(35-41)49-46(26-16-27-48(49)54-47)51(3,43-23-11-6-12-24-43)50(52)39-20-9-5-10-21-39;1-2/h4-35,52H,1-2H2,3H3;1-2H2/b17-13-,31-14-,32-30-,42-33+,52-50?;. The van der Waals surface area contributed by atoms with Crippen molar-refractivity contribution in [2.45, 2.75) is 12.3 Å². The van der Waals surface area contributed by atoms with E-state index in [0.29, 0.717) is 5.71 Å². The minimum atomic E-state index is -0.776. The van der Waals surface area contributed by atoms with Gasteiger partial charge in [0.15, 0.2) is 0 Å². The van der Waals surface area contributed by atoms with Crippen LogP contribution in [0.4, 0.5) is 5.69 Å². The van der Waals surface area contributed by atoms with E-state index in [9.17, 15) is 5.41 Å². The number of allylic oxidation sites excluding steroid dienone is 8. The van der Waals surface area contributed by atoms with Crippen molar-refractivity contribution in [3.05, 3.63) is 241 Å². The summed E-state index contributed by atoms with van der Waals surface area (Å²) in [4.78, 5) is 2.13. The highest BCUT2D eigenvalue weighted by Gasteiger charge is 2.37. The molecule has 0 amide bonds.